The van der Waals surface area contributed by atoms with Crippen LogP contribution in [0, 0.1) is 0 Å². The summed E-state index contributed by atoms with van der Waals surface area (Å²) >= 11 is 6.47. The number of carbonyl (C=O) groups is 1. The lowest BCUT2D eigenvalue weighted by Gasteiger charge is -2.27. The summed E-state index contributed by atoms with van der Waals surface area (Å²) in [6.07, 6.45) is 8.93. The molecule has 0 fully saturated rings. The minimum absolute atomic E-state index is 0.0235. The van der Waals surface area contributed by atoms with Gasteiger partial charge in [-0.3, -0.25) is 9.11 Å². The van der Waals surface area contributed by atoms with Crippen LogP contribution >= 0.6 is 11.6 Å². The molecule has 0 saturated heterocycles. The number of allylic oxidation sites excluding steroid dienone is 6. The summed E-state index contributed by atoms with van der Waals surface area (Å²) in [5.74, 6) is -1.51. The van der Waals surface area contributed by atoms with Gasteiger partial charge in [0.05, 0.1) is 44.5 Å². The largest absolute Gasteiger partial charge is 0.744 e. The van der Waals surface area contributed by atoms with Crippen LogP contribution in [0.15, 0.2) is 94.6 Å². The predicted molar refractivity (Wildman–Crippen MR) is 207 cm³/mol. The lowest BCUT2D eigenvalue weighted by Crippen LogP contribution is -2.36. The van der Waals surface area contributed by atoms with Crippen molar-refractivity contribution in [3.05, 3.63) is 112 Å². The van der Waals surface area contributed by atoms with Gasteiger partial charge in [0.15, 0.2) is 5.71 Å². The number of aryl methyl sites for hydroxylation is 1. The zero-order valence-corrected chi connectivity index (χ0v) is 33.5. The first-order chi connectivity index (χ1) is 25.4. The van der Waals surface area contributed by atoms with E-state index >= 15 is 0 Å². The Labute approximate surface area is 325 Å². The van der Waals surface area contributed by atoms with Crippen molar-refractivity contribution in [2.24, 2.45) is 4.99 Å². The van der Waals surface area contributed by atoms with Crippen LogP contribution in [0.25, 0.3) is 5.57 Å². The molecule has 14 nitrogen and oxygen atoms in total. The Morgan fingerprint density at radius 3 is 2.11 bits per heavy atom. The molecule has 5 rings (SSSR count). The number of fused-ring (bicyclic) bond motifs is 2. The number of carboxylic acids is 1. The van der Waals surface area contributed by atoms with E-state index in [0.29, 0.717) is 44.6 Å². The number of nitrogens with zero attached hydrogens (tertiary/aromatic N) is 3. The molecule has 2 aliphatic rings. The Morgan fingerprint density at radius 1 is 0.891 bits per heavy atom. The number of pyridine rings is 1. The Morgan fingerprint density at radius 2 is 1.51 bits per heavy atom. The third-order valence-corrected chi connectivity index (χ3v) is 12.3. The molecule has 0 amide bonds. The van der Waals surface area contributed by atoms with Crippen molar-refractivity contribution in [1.29, 1.82) is 0 Å². The summed E-state index contributed by atoms with van der Waals surface area (Å²) in [6, 6.07) is 12.0. The highest BCUT2D eigenvalue weighted by Gasteiger charge is 2.43. The van der Waals surface area contributed by atoms with Crippen LogP contribution < -0.4 is 9.47 Å². The molecule has 0 atom stereocenters. The molecule has 0 radical (unpaired) electrons. The number of aromatic nitrogens is 1. The number of rotatable bonds is 14. The molecule has 0 unspecified atom stereocenters. The van der Waals surface area contributed by atoms with Gasteiger partial charge in [-0.1, -0.05) is 49.7 Å². The van der Waals surface area contributed by atoms with E-state index in [-0.39, 0.29) is 31.5 Å². The average molecular weight is 834 g/mol. The van der Waals surface area contributed by atoms with Crippen molar-refractivity contribution in [2.75, 3.05) is 23.0 Å². The molecular weight excluding hydrogens is 794 g/mol. The summed E-state index contributed by atoms with van der Waals surface area (Å²) in [5, 5.41) is 9.94. The van der Waals surface area contributed by atoms with Crippen LogP contribution in [0.1, 0.15) is 67.6 Å². The van der Waals surface area contributed by atoms with E-state index in [1.54, 1.807) is 58.2 Å². The Kier molecular flexibility index (Phi) is 11.7. The van der Waals surface area contributed by atoms with Gasteiger partial charge in [0.2, 0.25) is 0 Å². The zero-order chi connectivity index (χ0) is 40.7. The van der Waals surface area contributed by atoms with Crippen molar-refractivity contribution < 1.29 is 53.4 Å². The van der Waals surface area contributed by atoms with Gasteiger partial charge in [0.25, 0.3) is 20.2 Å². The van der Waals surface area contributed by atoms with E-state index in [0.717, 1.165) is 5.56 Å². The molecule has 2 aliphatic heterocycles. The fraction of sp³-hybridized carbons (Fsp3) is 0.324. The number of halogens is 1. The maximum Gasteiger partial charge on any atom is 0.335 e. The van der Waals surface area contributed by atoms with Crippen molar-refractivity contribution in [3.63, 3.8) is 0 Å². The van der Waals surface area contributed by atoms with Crippen LogP contribution in [0.5, 0.6) is 0 Å². The number of hydrogen-bond acceptors (Lipinski definition) is 10. The van der Waals surface area contributed by atoms with E-state index < -0.39 is 63.6 Å². The molecule has 0 bridgehead atoms. The van der Waals surface area contributed by atoms with Crippen molar-refractivity contribution >= 4 is 70.7 Å². The first-order valence-corrected chi connectivity index (χ1v) is 21.9. The highest BCUT2D eigenvalue weighted by molar-refractivity contribution is 7.86. The molecule has 0 spiro atoms. The van der Waals surface area contributed by atoms with Crippen LogP contribution in [-0.2, 0) is 47.7 Å². The highest BCUT2D eigenvalue weighted by atomic mass is 35.5. The number of carboxylic acid groups (broad SMARTS) is 1. The monoisotopic (exact) mass is 833 g/mol. The van der Waals surface area contributed by atoms with Crippen LogP contribution in [0.2, 0.25) is 5.02 Å². The van der Waals surface area contributed by atoms with Gasteiger partial charge < -0.3 is 14.6 Å². The average Bonchev–Trinajstić information content (AvgIpc) is 3.44. The number of benzene rings is 2. The highest BCUT2D eigenvalue weighted by Crippen LogP contribution is 2.49. The number of aliphatic imine (C=N–C) groups is 1. The van der Waals surface area contributed by atoms with Crippen LogP contribution in [0.3, 0.4) is 0 Å². The minimum atomic E-state index is -4.80. The third-order valence-electron chi connectivity index (χ3n) is 9.66. The van der Waals surface area contributed by atoms with Gasteiger partial charge >= 0.3 is 11.8 Å². The lowest BCUT2D eigenvalue weighted by atomic mass is 9.81. The van der Waals surface area contributed by atoms with Crippen molar-refractivity contribution in [1.82, 2.24) is 0 Å². The van der Waals surface area contributed by atoms with Gasteiger partial charge in [0.1, 0.15) is 16.3 Å². The number of aromatic carboxylic acids is 1. The molecular formula is C37H40ClN3O11S3. The maximum atomic E-state index is 12.0. The van der Waals surface area contributed by atoms with E-state index in [1.165, 1.54) is 30.3 Å². The molecule has 1 aromatic heterocycles. The fourth-order valence-electron chi connectivity index (χ4n) is 6.76. The van der Waals surface area contributed by atoms with Gasteiger partial charge in [-0.15, -0.1) is 0 Å². The minimum Gasteiger partial charge on any atom is -0.744 e. The number of anilines is 1. The van der Waals surface area contributed by atoms with Crippen LogP contribution in [-0.4, -0.2) is 73.7 Å². The normalized spacial score (nSPS) is 17.5. The van der Waals surface area contributed by atoms with Crippen molar-refractivity contribution in [2.45, 2.75) is 62.8 Å². The molecule has 0 saturated carbocycles. The Hall–Kier alpha value is -4.23. The topological polar surface area (TPSA) is 223 Å². The predicted octanol–water partition coefficient (Wildman–Crippen LogP) is 5.47. The lowest BCUT2D eigenvalue weighted by molar-refractivity contribution is -0.684. The van der Waals surface area contributed by atoms with Crippen molar-refractivity contribution in [3.8, 4) is 0 Å². The van der Waals surface area contributed by atoms with E-state index in [2.05, 4.69) is 0 Å². The van der Waals surface area contributed by atoms with Crippen LogP contribution in [0.4, 0.5) is 11.5 Å². The van der Waals surface area contributed by atoms with Gasteiger partial charge in [-0.05, 0) is 90.5 Å². The number of hydrogen-bond donors (Lipinski definition) is 3. The molecule has 294 valence electrons. The second-order valence-corrected chi connectivity index (χ2v) is 19.2. The Balaban J connectivity index is 1.61. The summed E-state index contributed by atoms with van der Waals surface area (Å²) in [4.78, 5) is 17.9. The fourth-order valence-corrected chi connectivity index (χ4v) is 8.47. The molecule has 3 aromatic rings. The molecule has 55 heavy (non-hydrogen) atoms. The first-order valence-electron chi connectivity index (χ1n) is 16.9. The molecule has 3 N–H and O–H groups in total. The summed E-state index contributed by atoms with van der Waals surface area (Å²) in [6.45, 7) is 7.90. The SMILES string of the molecule is CC1(C)C(=CC=C(C=CC2=Nc3c(cc(Cl)c[n+]3CCCS(=O)(=O)O)C2(C)C)c2ccc(C(=O)O)cc2)N(CCCS(=O)(=O)O)c2ccc(S(=O)(=O)[O-])cc21. The third kappa shape index (κ3) is 9.60. The van der Waals surface area contributed by atoms with Gasteiger partial charge in [-0.2, -0.15) is 16.8 Å². The second kappa shape index (κ2) is 15.4. The molecule has 0 aliphatic carbocycles. The molecule has 3 heterocycles. The molecule has 18 heteroatoms. The van der Waals surface area contributed by atoms with E-state index in [4.69, 9.17) is 16.6 Å². The van der Waals surface area contributed by atoms with E-state index in [9.17, 15) is 48.8 Å². The van der Waals surface area contributed by atoms with Gasteiger partial charge in [-0.25, -0.2) is 17.8 Å². The van der Waals surface area contributed by atoms with E-state index in [1.807, 2.05) is 27.7 Å². The standard InChI is InChI=1S/C37H40ClN3O11S3/c1-36(2)30-21-27(38)23-40(17-5-19-53(44,45)46)34(30)39-32(36)15-11-25(24-7-9-26(10-8-24)35(42)43)12-16-33-37(3,4)29-22-28(55(50,51)52)13-14-31(29)41(33)18-6-20-54(47,48)49/h7-16,21-23H,5-6,17-20H2,1-4H3,(H3-,42,43,44,45,46,47,48,49,50,51,52). The zero-order valence-electron chi connectivity index (χ0n) is 30.3. The Bertz CT molecular complexity index is 2510. The maximum absolute atomic E-state index is 12.0. The smallest absolute Gasteiger partial charge is 0.335 e. The summed E-state index contributed by atoms with van der Waals surface area (Å²) in [7, 11) is -13.2. The first kappa shape index (κ1) is 41.9. The molecule has 2 aromatic carbocycles. The summed E-state index contributed by atoms with van der Waals surface area (Å²) in [5.41, 5.74) is 2.84. The second-order valence-electron chi connectivity index (χ2n) is 14.3. The quantitative estimate of drug-likeness (QED) is 0.105. The van der Waals surface area contributed by atoms with Gasteiger partial charge in [0, 0.05) is 29.8 Å². The summed E-state index contributed by atoms with van der Waals surface area (Å²) < 4.78 is 102.